The molecule has 1 N–H and O–H groups in total. The fourth-order valence-corrected chi connectivity index (χ4v) is 3.88. The van der Waals surface area contributed by atoms with Gasteiger partial charge < -0.3 is 5.32 Å². The largest absolute Gasteiger partial charge is 0.312 e. The second kappa shape index (κ2) is 7.88. The molecule has 0 aromatic heterocycles. The van der Waals surface area contributed by atoms with Crippen LogP contribution in [-0.4, -0.2) is 12.3 Å². The van der Waals surface area contributed by atoms with Crippen LogP contribution >= 0.6 is 23.4 Å². The van der Waals surface area contributed by atoms with Gasteiger partial charge in [-0.2, -0.15) is 0 Å². The Morgan fingerprint density at radius 2 is 1.76 bits per heavy atom. The first kappa shape index (κ1) is 16.4. The van der Waals surface area contributed by atoms with Gasteiger partial charge in [0.2, 0.25) is 0 Å². The van der Waals surface area contributed by atoms with Crippen LogP contribution in [0.1, 0.15) is 31.0 Å². The molecule has 2 rings (SSSR count). The number of thioether (sulfide) groups is 1. The molecule has 0 heterocycles. The van der Waals surface area contributed by atoms with Crippen molar-refractivity contribution in [1.29, 1.82) is 0 Å². The van der Waals surface area contributed by atoms with Gasteiger partial charge in [0.15, 0.2) is 0 Å². The van der Waals surface area contributed by atoms with E-state index in [0.717, 1.165) is 16.3 Å². The highest BCUT2D eigenvalue weighted by Gasteiger charge is 2.19. The van der Waals surface area contributed by atoms with Crippen molar-refractivity contribution in [1.82, 2.24) is 5.32 Å². The maximum atomic E-state index is 6.26. The number of hydrogen-bond acceptors (Lipinski definition) is 2. The Hall–Kier alpha value is -0.960. The second-order valence-corrected chi connectivity index (χ2v) is 6.94. The smallest absolute Gasteiger partial charge is 0.0541 e. The lowest BCUT2D eigenvalue weighted by atomic mass is 10.0. The Labute approximate surface area is 137 Å². The molecule has 0 fully saturated rings. The highest BCUT2D eigenvalue weighted by atomic mass is 35.5. The van der Waals surface area contributed by atoms with Gasteiger partial charge in [-0.15, -0.1) is 11.8 Å². The van der Waals surface area contributed by atoms with E-state index in [1.54, 1.807) is 0 Å². The van der Waals surface area contributed by atoms with Gasteiger partial charge in [0.25, 0.3) is 0 Å². The van der Waals surface area contributed by atoms with Crippen molar-refractivity contribution >= 4 is 23.4 Å². The second-order valence-electron chi connectivity index (χ2n) is 5.11. The molecule has 0 amide bonds. The summed E-state index contributed by atoms with van der Waals surface area (Å²) in [7, 11) is 2.02. The summed E-state index contributed by atoms with van der Waals surface area (Å²) in [6.07, 6.45) is 1.08. The number of rotatable bonds is 6. The van der Waals surface area contributed by atoms with Gasteiger partial charge in [-0.05, 0) is 36.7 Å². The SMILES string of the molecule is CCc1ccc(C(NC)C(C)Sc2ccccc2Cl)cc1. The van der Waals surface area contributed by atoms with E-state index in [1.165, 1.54) is 11.1 Å². The van der Waals surface area contributed by atoms with Crippen LogP contribution in [0.25, 0.3) is 0 Å². The minimum atomic E-state index is 0.303. The summed E-state index contributed by atoms with van der Waals surface area (Å²) in [5.74, 6) is 0. The zero-order chi connectivity index (χ0) is 15.2. The summed E-state index contributed by atoms with van der Waals surface area (Å²) in [6.45, 7) is 4.42. The van der Waals surface area contributed by atoms with Crippen molar-refractivity contribution < 1.29 is 0 Å². The fraction of sp³-hybridized carbons (Fsp3) is 0.333. The van der Waals surface area contributed by atoms with Crippen LogP contribution in [0.2, 0.25) is 5.02 Å². The number of nitrogens with one attached hydrogen (secondary N) is 1. The Balaban J connectivity index is 2.14. The summed E-state index contributed by atoms with van der Waals surface area (Å²) in [6, 6.07) is 17.2. The van der Waals surface area contributed by atoms with Gasteiger partial charge in [0, 0.05) is 16.2 Å². The molecule has 0 saturated heterocycles. The number of hydrogen-bond donors (Lipinski definition) is 1. The molecule has 21 heavy (non-hydrogen) atoms. The van der Waals surface area contributed by atoms with Crippen LogP contribution in [0.3, 0.4) is 0 Å². The van der Waals surface area contributed by atoms with E-state index in [2.05, 4.69) is 49.5 Å². The average molecular weight is 320 g/mol. The molecule has 0 saturated carbocycles. The van der Waals surface area contributed by atoms with Gasteiger partial charge in [0.1, 0.15) is 0 Å². The fourth-order valence-electron chi connectivity index (χ4n) is 2.44. The molecular formula is C18H22ClNS. The zero-order valence-electron chi connectivity index (χ0n) is 12.8. The molecule has 0 aliphatic heterocycles. The van der Waals surface area contributed by atoms with Gasteiger partial charge >= 0.3 is 0 Å². The van der Waals surface area contributed by atoms with Crippen molar-refractivity contribution in [3.8, 4) is 0 Å². The summed E-state index contributed by atoms with van der Waals surface area (Å²) >= 11 is 8.07. The molecule has 0 aliphatic carbocycles. The molecule has 3 heteroatoms. The minimum absolute atomic E-state index is 0.303. The molecule has 0 spiro atoms. The zero-order valence-corrected chi connectivity index (χ0v) is 14.3. The van der Waals surface area contributed by atoms with Gasteiger partial charge in [-0.1, -0.05) is 61.8 Å². The Kier molecular flexibility index (Phi) is 6.16. The maximum absolute atomic E-state index is 6.26. The van der Waals surface area contributed by atoms with E-state index >= 15 is 0 Å². The molecule has 2 aromatic rings. The van der Waals surface area contributed by atoms with Gasteiger partial charge in [-0.3, -0.25) is 0 Å². The summed E-state index contributed by atoms with van der Waals surface area (Å²) in [4.78, 5) is 1.14. The van der Waals surface area contributed by atoms with Gasteiger partial charge in [-0.25, -0.2) is 0 Å². The van der Waals surface area contributed by atoms with Crippen LogP contribution < -0.4 is 5.32 Å². The first-order valence-electron chi connectivity index (χ1n) is 7.33. The third-order valence-corrected chi connectivity index (χ3v) is 5.37. The van der Waals surface area contributed by atoms with E-state index < -0.39 is 0 Å². The first-order valence-corrected chi connectivity index (χ1v) is 8.58. The molecule has 2 aromatic carbocycles. The standard InChI is InChI=1S/C18H22ClNS/c1-4-14-9-11-15(12-10-14)18(20-3)13(2)21-17-8-6-5-7-16(17)19/h5-13,18,20H,4H2,1-3H3. The van der Waals surface area contributed by atoms with Crippen LogP contribution in [-0.2, 0) is 6.42 Å². The van der Waals surface area contributed by atoms with E-state index in [1.807, 2.05) is 37.0 Å². The normalized spacial score (nSPS) is 13.9. The third kappa shape index (κ3) is 4.26. The number of benzene rings is 2. The van der Waals surface area contributed by atoms with Crippen LogP contribution in [0.5, 0.6) is 0 Å². The molecular weight excluding hydrogens is 298 g/mol. The molecule has 2 unspecified atom stereocenters. The topological polar surface area (TPSA) is 12.0 Å². The van der Waals surface area contributed by atoms with Crippen molar-refractivity contribution in [2.24, 2.45) is 0 Å². The lowest BCUT2D eigenvalue weighted by Crippen LogP contribution is -2.25. The summed E-state index contributed by atoms with van der Waals surface area (Å²) in [5.41, 5.74) is 2.70. The maximum Gasteiger partial charge on any atom is 0.0541 e. The van der Waals surface area contributed by atoms with Crippen molar-refractivity contribution in [3.05, 3.63) is 64.7 Å². The molecule has 112 valence electrons. The summed E-state index contributed by atoms with van der Waals surface area (Å²) < 4.78 is 0. The van der Waals surface area contributed by atoms with Crippen LogP contribution in [0.4, 0.5) is 0 Å². The molecule has 0 aliphatic rings. The minimum Gasteiger partial charge on any atom is -0.312 e. The number of halogens is 1. The molecule has 1 nitrogen and oxygen atoms in total. The van der Waals surface area contributed by atoms with Crippen molar-refractivity contribution in [2.75, 3.05) is 7.05 Å². The van der Waals surface area contributed by atoms with E-state index in [9.17, 15) is 0 Å². The van der Waals surface area contributed by atoms with Gasteiger partial charge in [0.05, 0.1) is 5.02 Å². The monoisotopic (exact) mass is 319 g/mol. The van der Waals surface area contributed by atoms with E-state index in [0.29, 0.717) is 11.3 Å². The van der Waals surface area contributed by atoms with Crippen LogP contribution in [0.15, 0.2) is 53.4 Å². The third-order valence-electron chi connectivity index (χ3n) is 3.68. The highest BCUT2D eigenvalue weighted by molar-refractivity contribution is 8.00. The van der Waals surface area contributed by atoms with E-state index in [4.69, 9.17) is 11.6 Å². The lowest BCUT2D eigenvalue weighted by molar-refractivity contribution is 0.589. The van der Waals surface area contributed by atoms with Crippen molar-refractivity contribution in [2.45, 2.75) is 36.5 Å². The van der Waals surface area contributed by atoms with Crippen molar-refractivity contribution in [3.63, 3.8) is 0 Å². The van der Waals surface area contributed by atoms with Crippen LogP contribution in [0, 0.1) is 0 Å². The predicted octanol–water partition coefficient (Wildman–Crippen LogP) is 5.34. The average Bonchev–Trinajstić information content (AvgIpc) is 2.51. The van der Waals surface area contributed by atoms with E-state index in [-0.39, 0.29) is 0 Å². The quantitative estimate of drug-likeness (QED) is 0.721. The highest BCUT2D eigenvalue weighted by Crippen LogP contribution is 2.35. The molecule has 0 radical (unpaired) electrons. The first-order chi connectivity index (χ1) is 10.2. The molecule has 2 atom stereocenters. The Morgan fingerprint density at radius 3 is 2.33 bits per heavy atom. The Bertz CT molecular complexity index is 568. The molecule has 0 bridgehead atoms. The lowest BCUT2D eigenvalue weighted by Gasteiger charge is -2.24. The summed E-state index contributed by atoms with van der Waals surface area (Å²) in [5, 5.41) is 4.65. The Morgan fingerprint density at radius 1 is 1.10 bits per heavy atom. The predicted molar refractivity (Wildman–Crippen MR) is 94.4 cm³/mol. The number of aryl methyl sites for hydroxylation is 1.